The molecule has 3 rings (SSSR count). The number of nitrogens with zero attached hydrogens (tertiary/aromatic N) is 4. The fourth-order valence-electron chi connectivity index (χ4n) is 2.68. The normalized spacial score (nSPS) is 10.6. The molecule has 28 heavy (non-hydrogen) atoms. The van der Waals surface area contributed by atoms with Crippen LogP contribution in [0.1, 0.15) is 5.56 Å². The van der Waals surface area contributed by atoms with Crippen LogP contribution >= 0.6 is 27.7 Å². The van der Waals surface area contributed by atoms with Crippen molar-refractivity contribution in [2.45, 2.75) is 18.2 Å². The zero-order valence-corrected chi connectivity index (χ0v) is 18.0. The van der Waals surface area contributed by atoms with Crippen molar-refractivity contribution >= 4 is 33.6 Å². The van der Waals surface area contributed by atoms with Crippen molar-refractivity contribution in [3.8, 4) is 11.4 Å². The van der Waals surface area contributed by atoms with E-state index in [1.807, 2.05) is 66.2 Å². The van der Waals surface area contributed by atoms with Crippen LogP contribution in [0.3, 0.4) is 0 Å². The quantitative estimate of drug-likeness (QED) is 0.365. The molecule has 144 valence electrons. The molecule has 0 spiro atoms. The fraction of sp³-hybridized carbons (Fsp3) is 0.190. The van der Waals surface area contributed by atoms with E-state index in [9.17, 15) is 4.79 Å². The van der Waals surface area contributed by atoms with Gasteiger partial charge in [0.2, 0.25) is 5.91 Å². The summed E-state index contributed by atoms with van der Waals surface area (Å²) in [6.45, 7) is 4.98. The van der Waals surface area contributed by atoms with Crippen LogP contribution in [0.5, 0.6) is 0 Å². The van der Waals surface area contributed by atoms with Crippen molar-refractivity contribution in [2.24, 2.45) is 0 Å². The molecule has 0 unspecified atom stereocenters. The minimum absolute atomic E-state index is 0.0438. The summed E-state index contributed by atoms with van der Waals surface area (Å²) >= 11 is 4.82. The van der Waals surface area contributed by atoms with E-state index in [0.29, 0.717) is 24.0 Å². The molecule has 2 aromatic carbocycles. The first-order chi connectivity index (χ1) is 13.6. The monoisotopic (exact) mass is 456 g/mol. The van der Waals surface area contributed by atoms with E-state index in [-0.39, 0.29) is 5.91 Å². The third-order valence-corrected chi connectivity index (χ3v) is 5.62. The highest BCUT2D eigenvalue weighted by molar-refractivity contribution is 9.10. The molecule has 1 amide bonds. The van der Waals surface area contributed by atoms with Gasteiger partial charge in [-0.1, -0.05) is 76.2 Å². The van der Waals surface area contributed by atoms with E-state index in [4.69, 9.17) is 0 Å². The first-order valence-electron chi connectivity index (χ1n) is 8.79. The first-order valence-corrected chi connectivity index (χ1v) is 10.6. The lowest BCUT2D eigenvalue weighted by molar-refractivity contribution is -0.127. The molecular formula is C21H21BrN4OS. The third kappa shape index (κ3) is 5.11. The number of thioether (sulfide) groups is 1. The van der Waals surface area contributed by atoms with Crippen LogP contribution in [0, 0.1) is 0 Å². The number of rotatable bonds is 8. The Balaban J connectivity index is 1.66. The van der Waals surface area contributed by atoms with Crippen molar-refractivity contribution in [3.63, 3.8) is 0 Å². The average molecular weight is 457 g/mol. The number of aromatic nitrogens is 3. The molecule has 7 heteroatoms. The Bertz CT molecular complexity index is 941. The maximum Gasteiger partial charge on any atom is 0.233 e. The van der Waals surface area contributed by atoms with E-state index < -0.39 is 0 Å². The van der Waals surface area contributed by atoms with Crippen LogP contribution in [-0.4, -0.2) is 38.4 Å². The van der Waals surface area contributed by atoms with Crippen LogP contribution in [0.2, 0.25) is 0 Å². The van der Waals surface area contributed by atoms with Gasteiger partial charge in [0.05, 0.1) is 5.75 Å². The number of hydrogen-bond acceptors (Lipinski definition) is 4. The maximum atomic E-state index is 12.6. The zero-order chi connectivity index (χ0) is 19.9. The number of amides is 1. The second kappa shape index (κ2) is 9.71. The molecule has 0 radical (unpaired) electrons. The summed E-state index contributed by atoms with van der Waals surface area (Å²) in [5, 5.41) is 9.32. The predicted molar refractivity (Wildman–Crippen MR) is 117 cm³/mol. The molecule has 5 nitrogen and oxygen atoms in total. The summed E-state index contributed by atoms with van der Waals surface area (Å²) in [7, 11) is 1.81. The number of carbonyl (C=O) groups is 1. The molecule has 0 N–H and O–H groups in total. The van der Waals surface area contributed by atoms with Gasteiger partial charge in [-0.2, -0.15) is 0 Å². The summed E-state index contributed by atoms with van der Waals surface area (Å²) in [5.41, 5.74) is 2.08. The number of halogens is 1. The van der Waals surface area contributed by atoms with Crippen LogP contribution in [0.15, 0.2) is 76.9 Å². The molecule has 0 atom stereocenters. The van der Waals surface area contributed by atoms with Gasteiger partial charge in [0.15, 0.2) is 11.0 Å². The topological polar surface area (TPSA) is 51.0 Å². The van der Waals surface area contributed by atoms with Gasteiger partial charge in [0.25, 0.3) is 0 Å². The van der Waals surface area contributed by atoms with Crippen molar-refractivity contribution in [1.29, 1.82) is 0 Å². The second-order valence-corrected chi connectivity index (χ2v) is 8.09. The number of allylic oxidation sites excluding steroid dienone is 1. The molecular weight excluding hydrogens is 436 g/mol. The van der Waals surface area contributed by atoms with Crippen LogP contribution in [0.25, 0.3) is 11.4 Å². The molecule has 0 bridgehead atoms. The summed E-state index contributed by atoms with van der Waals surface area (Å²) in [4.78, 5) is 14.3. The molecule has 3 aromatic rings. The van der Waals surface area contributed by atoms with Gasteiger partial charge in [-0.05, 0) is 17.7 Å². The van der Waals surface area contributed by atoms with E-state index >= 15 is 0 Å². The Morgan fingerprint density at radius 2 is 1.89 bits per heavy atom. The van der Waals surface area contributed by atoms with E-state index in [1.54, 1.807) is 11.0 Å². The molecule has 0 aliphatic heterocycles. The van der Waals surface area contributed by atoms with Crippen molar-refractivity contribution in [3.05, 3.63) is 77.3 Å². The second-order valence-electron chi connectivity index (χ2n) is 6.24. The Labute approximate surface area is 177 Å². The molecule has 0 fully saturated rings. The number of hydrogen-bond donors (Lipinski definition) is 0. The molecule has 0 saturated carbocycles. The van der Waals surface area contributed by atoms with E-state index in [1.165, 1.54) is 11.8 Å². The largest absolute Gasteiger partial charge is 0.341 e. The SMILES string of the molecule is C=CCn1c(SCC(=O)N(C)Cc2ccc(Br)cc2)nnc1-c1ccccc1. The highest BCUT2D eigenvalue weighted by atomic mass is 79.9. The van der Waals surface area contributed by atoms with Crippen molar-refractivity contribution in [2.75, 3.05) is 12.8 Å². The lowest BCUT2D eigenvalue weighted by Gasteiger charge is -2.17. The minimum Gasteiger partial charge on any atom is -0.341 e. The van der Waals surface area contributed by atoms with Crippen molar-refractivity contribution in [1.82, 2.24) is 19.7 Å². The Morgan fingerprint density at radius 3 is 2.57 bits per heavy atom. The van der Waals surface area contributed by atoms with Gasteiger partial charge in [-0.25, -0.2) is 0 Å². The maximum absolute atomic E-state index is 12.6. The highest BCUT2D eigenvalue weighted by Crippen LogP contribution is 2.24. The lowest BCUT2D eigenvalue weighted by atomic mass is 10.2. The number of benzene rings is 2. The van der Waals surface area contributed by atoms with Gasteiger partial charge in [-0.15, -0.1) is 16.8 Å². The lowest BCUT2D eigenvalue weighted by Crippen LogP contribution is -2.27. The number of carbonyl (C=O) groups excluding carboxylic acids is 1. The first kappa shape index (κ1) is 20.4. The Kier molecular flexibility index (Phi) is 7.06. The summed E-state index contributed by atoms with van der Waals surface area (Å²) in [5.74, 6) is 1.12. The van der Waals surface area contributed by atoms with E-state index in [2.05, 4.69) is 32.7 Å². The molecule has 0 aliphatic carbocycles. The highest BCUT2D eigenvalue weighted by Gasteiger charge is 2.16. The fourth-order valence-corrected chi connectivity index (χ4v) is 3.83. The molecule has 0 saturated heterocycles. The average Bonchev–Trinajstić information content (AvgIpc) is 3.11. The van der Waals surface area contributed by atoms with Gasteiger partial charge in [-0.3, -0.25) is 9.36 Å². The summed E-state index contributed by atoms with van der Waals surface area (Å²) < 4.78 is 3.01. The van der Waals surface area contributed by atoms with Crippen LogP contribution in [-0.2, 0) is 17.9 Å². The summed E-state index contributed by atoms with van der Waals surface area (Å²) in [6, 6.07) is 17.9. The minimum atomic E-state index is 0.0438. The Morgan fingerprint density at radius 1 is 1.18 bits per heavy atom. The smallest absolute Gasteiger partial charge is 0.233 e. The predicted octanol–water partition coefficient (Wildman–Crippen LogP) is 4.64. The molecule has 0 aliphatic rings. The zero-order valence-electron chi connectivity index (χ0n) is 15.6. The van der Waals surface area contributed by atoms with Gasteiger partial charge < -0.3 is 4.90 Å². The van der Waals surface area contributed by atoms with E-state index in [0.717, 1.165) is 21.4 Å². The third-order valence-electron chi connectivity index (χ3n) is 4.14. The molecule has 1 aromatic heterocycles. The Hall–Kier alpha value is -2.38. The van der Waals surface area contributed by atoms with Crippen molar-refractivity contribution < 1.29 is 4.79 Å². The van der Waals surface area contributed by atoms with Crippen LogP contribution < -0.4 is 0 Å². The standard InChI is InChI=1S/C21H21BrN4OS/c1-3-13-26-20(17-7-5-4-6-8-17)23-24-21(26)28-15-19(27)25(2)14-16-9-11-18(22)12-10-16/h3-12H,1,13-15H2,2H3. The summed E-state index contributed by atoms with van der Waals surface area (Å²) in [6.07, 6.45) is 1.81. The van der Waals surface area contributed by atoms with Gasteiger partial charge in [0.1, 0.15) is 0 Å². The molecule has 1 heterocycles. The van der Waals surface area contributed by atoms with Gasteiger partial charge >= 0.3 is 0 Å². The van der Waals surface area contributed by atoms with Gasteiger partial charge in [0, 0.05) is 30.2 Å². The van der Waals surface area contributed by atoms with Crippen LogP contribution in [0.4, 0.5) is 0 Å².